The van der Waals surface area contributed by atoms with Gasteiger partial charge < -0.3 is 10.3 Å². The molecule has 1 aliphatic heterocycles. The highest BCUT2D eigenvalue weighted by atomic mass is 32.2. The Kier molecular flexibility index (Phi) is 1.61. The van der Waals surface area contributed by atoms with E-state index in [2.05, 4.69) is 0 Å². The fourth-order valence-electron chi connectivity index (χ4n) is 1.05. The Morgan fingerprint density at radius 3 is 2.82 bits per heavy atom. The number of hydrogen-bond acceptors (Lipinski definition) is 4. The average Bonchev–Trinajstić information content (AvgIpc) is 2.30. The molecule has 1 heterocycles. The minimum Gasteiger partial charge on any atom is -0.371 e. The number of aliphatic hydroxyl groups is 1. The second kappa shape index (κ2) is 2.49. The standard InChI is InChI=1S/C7H7NO2S/c9-7-5-3-1-2-4-6(5)11-8(7)10/h1-4,7,9-10H. The first kappa shape index (κ1) is 7.12. The number of aliphatic hydroxyl groups excluding tert-OH is 1. The van der Waals surface area contributed by atoms with Crippen LogP contribution in [0, 0.1) is 0 Å². The molecule has 1 aromatic carbocycles. The molecule has 0 spiro atoms. The summed E-state index contributed by atoms with van der Waals surface area (Å²) in [7, 11) is 0. The summed E-state index contributed by atoms with van der Waals surface area (Å²) >= 11 is 1.14. The van der Waals surface area contributed by atoms with Crippen LogP contribution in [0.5, 0.6) is 0 Å². The summed E-state index contributed by atoms with van der Waals surface area (Å²) in [5, 5.41) is 18.4. The Balaban J connectivity index is 2.47. The molecule has 1 atom stereocenters. The molecule has 0 saturated carbocycles. The van der Waals surface area contributed by atoms with Crippen molar-refractivity contribution in [3.63, 3.8) is 0 Å². The molecule has 4 heteroatoms. The Hall–Kier alpha value is -0.550. The van der Waals surface area contributed by atoms with E-state index < -0.39 is 6.23 Å². The second-order valence-electron chi connectivity index (χ2n) is 2.31. The number of hydroxylamine groups is 1. The molecule has 1 unspecified atom stereocenters. The SMILES string of the molecule is OC1c2ccccc2SN1O. The molecule has 0 fully saturated rings. The molecule has 0 amide bonds. The summed E-state index contributed by atoms with van der Waals surface area (Å²) < 4.78 is 0.838. The van der Waals surface area contributed by atoms with Crippen LogP contribution in [0.2, 0.25) is 0 Å². The Morgan fingerprint density at radius 1 is 1.36 bits per heavy atom. The van der Waals surface area contributed by atoms with Crippen molar-refractivity contribution >= 4 is 11.9 Å². The van der Waals surface area contributed by atoms with Crippen LogP contribution in [0.1, 0.15) is 11.8 Å². The zero-order valence-electron chi connectivity index (χ0n) is 5.64. The van der Waals surface area contributed by atoms with Gasteiger partial charge in [-0.1, -0.05) is 22.7 Å². The summed E-state index contributed by atoms with van der Waals surface area (Å²) in [6, 6.07) is 7.36. The predicted octanol–water partition coefficient (Wildman–Crippen LogP) is 1.39. The lowest BCUT2D eigenvalue weighted by molar-refractivity contribution is -0.111. The van der Waals surface area contributed by atoms with Gasteiger partial charge >= 0.3 is 0 Å². The van der Waals surface area contributed by atoms with E-state index in [-0.39, 0.29) is 0 Å². The number of benzene rings is 1. The van der Waals surface area contributed by atoms with Crippen molar-refractivity contribution in [2.45, 2.75) is 11.1 Å². The van der Waals surface area contributed by atoms with Crippen LogP contribution in [0.3, 0.4) is 0 Å². The van der Waals surface area contributed by atoms with E-state index in [0.717, 1.165) is 26.9 Å². The molecule has 2 N–H and O–H groups in total. The summed E-state index contributed by atoms with van der Waals surface area (Å²) in [5.41, 5.74) is 0.764. The molecule has 2 rings (SSSR count). The van der Waals surface area contributed by atoms with Gasteiger partial charge in [0.05, 0.1) is 0 Å². The minimum atomic E-state index is -0.879. The lowest BCUT2D eigenvalue weighted by Gasteiger charge is -2.08. The maximum atomic E-state index is 9.30. The first-order valence-corrected chi connectivity index (χ1v) is 3.99. The summed E-state index contributed by atoms with van der Waals surface area (Å²) in [5.74, 6) is 0. The van der Waals surface area contributed by atoms with Crippen molar-refractivity contribution in [3.8, 4) is 0 Å². The quantitative estimate of drug-likeness (QED) is 0.576. The molecule has 1 aliphatic rings. The monoisotopic (exact) mass is 169 g/mol. The van der Waals surface area contributed by atoms with Gasteiger partial charge in [-0.2, -0.15) is 0 Å². The van der Waals surface area contributed by atoms with E-state index in [9.17, 15) is 5.11 Å². The number of nitrogens with zero attached hydrogens (tertiary/aromatic N) is 1. The summed E-state index contributed by atoms with van der Waals surface area (Å²) in [6.45, 7) is 0. The molecule has 0 aromatic heterocycles. The Morgan fingerprint density at radius 2 is 2.09 bits per heavy atom. The van der Waals surface area contributed by atoms with Crippen molar-refractivity contribution in [2.75, 3.05) is 0 Å². The predicted molar refractivity (Wildman–Crippen MR) is 40.9 cm³/mol. The lowest BCUT2D eigenvalue weighted by Crippen LogP contribution is -2.10. The van der Waals surface area contributed by atoms with Crippen molar-refractivity contribution in [3.05, 3.63) is 29.8 Å². The van der Waals surface area contributed by atoms with Gasteiger partial charge in [-0.15, -0.1) is 0 Å². The Labute approximate surface area is 68.4 Å². The second-order valence-corrected chi connectivity index (χ2v) is 3.30. The van der Waals surface area contributed by atoms with Crippen molar-refractivity contribution in [1.29, 1.82) is 0 Å². The van der Waals surface area contributed by atoms with Gasteiger partial charge in [-0.25, -0.2) is 0 Å². The summed E-state index contributed by atoms with van der Waals surface area (Å²) in [4.78, 5) is 0.905. The zero-order chi connectivity index (χ0) is 7.84. The largest absolute Gasteiger partial charge is 0.371 e. The molecule has 11 heavy (non-hydrogen) atoms. The van der Waals surface area contributed by atoms with E-state index in [1.807, 2.05) is 18.2 Å². The molecule has 58 valence electrons. The van der Waals surface area contributed by atoms with E-state index >= 15 is 0 Å². The van der Waals surface area contributed by atoms with E-state index in [0.29, 0.717) is 0 Å². The smallest absolute Gasteiger partial charge is 0.168 e. The molecule has 0 saturated heterocycles. The number of rotatable bonds is 0. The van der Waals surface area contributed by atoms with Crippen LogP contribution in [0.15, 0.2) is 29.2 Å². The highest BCUT2D eigenvalue weighted by Gasteiger charge is 2.27. The number of hydrogen-bond donors (Lipinski definition) is 2. The van der Waals surface area contributed by atoms with Crippen molar-refractivity contribution in [2.24, 2.45) is 0 Å². The molecule has 1 aromatic rings. The Bertz CT molecular complexity index is 279. The van der Waals surface area contributed by atoms with Crippen LogP contribution in [0.25, 0.3) is 0 Å². The van der Waals surface area contributed by atoms with Gasteiger partial charge in [0.2, 0.25) is 0 Å². The number of fused-ring (bicyclic) bond motifs is 1. The molecule has 0 bridgehead atoms. The minimum absolute atomic E-state index is 0.764. The third-order valence-corrected chi connectivity index (χ3v) is 2.55. The van der Waals surface area contributed by atoms with Gasteiger partial charge in [0.1, 0.15) is 0 Å². The third-order valence-electron chi connectivity index (χ3n) is 1.60. The maximum absolute atomic E-state index is 9.30. The van der Waals surface area contributed by atoms with Crippen molar-refractivity contribution < 1.29 is 10.3 Å². The lowest BCUT2D eigenvalue weighted by atomic mass is 10.2. The van der Waals surface area contributed by atoms with Gasteiger partial charge in [0, 0.05) is 10.5 Å². The molecule has 3 nitrogen and oxygen atoms in total. The molecule has 0 aliphatic carbocycles. The summed E-state index contributed by atoms with van der Waals surface area (Å²) in [6.07, 6.45) is -0.879. The van der Waals surface area contributed by atoms with E-state index in [4.69, 9.17) is 5.21 Å². The molecular weight excluding hydrogens is 162 g/mol. The first-order valence-electron chi connectivity index (χ1n) is 3.22. The van der Waals surface area contributed by atoms with Crippen LogP contribution in [-0.4, -0.2) is 14.8 Å². The van der Waals surface area contributed by atoms with Gasteiger partial charge in [0.25, 0.3) is 0 Å². The topological polar surface area (TPSA) is 43.7 Å². The molecular formula is C7H7NO2S. The van der Waals surface area contributed by atoms with Gasteiger partial charge in [0.15, 0.2) is 6.23 Å². The van der Waals surface area contributed by atoms with Gasteiger partial charge in [-0.3, -0.25) is 0 Å². The highest BCUT2D eigenvalue weighted by molar-refractivity contribution is 7.97. The van der Waals surface area contributed by atoms with Gasteiger partial charge in [-0.05, 0) is 18.0 Å². The average molecular weight is 169 g/mol. The van der Waals surface area contributed by atoms with Crippen LogP contribution in [-0.2, 0) is 0 Å². The fraction of sp³-hybridized carbons (Fsp3) is 0.143. The molecule has 0 radical (unpaired) electrons. The fourth-order valence-corrected chi connectivity index (χ4v) is 1.88. The normalized spacial score (nSPS) is 23.6. The van der Waals surface area contributed by atoms with Crippen LogP contribution in [0.4, 0.5) is 0 Å². The van der Waals surface area contributed by atoms with Crippen LogP contribution >= 0.6 is 11.9 Å². The zero-order valence-corrected chi connectivity index (χ0v) is 6.45. The van der Waals surface area contributed by atoms with E-state index in [1.165, 1.54) is 0 Å². The van der Waals surface area contributed by atoms with Crippen molar-refractivity contribution in [1.82, 2.24) is 4.47 Å². The third kappa shape index (κ3) is 1.04. The first-order chi connectivity index (χ1) is 5.29. The van der Waals surface area contributed by atoms with E-state index in [1.54, 1.807) is 6.07 Å². The maximum Gasteiger partial charge on any atom is 0.168 e. The highest BCUT2D eigenvalue weighted by Crippen LogP contribution is 2.40. The van der Waals surface area contributed by atoms with Crippen LogP contribution < -0.4 is 0 Å².